The summed E-state index contributed by atoms with van der Waals surface area (Å²) in [5.41, 5.74) is 0. The van der Waals surface area contributed by atoms with E-state index in [0.29, 0.717) is 0 Å². The van der Waals surface area contributed by atoms with Crippen LogP contribution in [0.4, 0.5) is 0 Å². The molecule has 0 aliphatic heterocycles. The molecule has 0 radical (unpaired) electrons. The second kappa shape index (κ2) is 6.37. The third-order valence-corrected chi connectivity index (χ3v) is 3.71. The van der Waals surface area contributed by atoms with E-state index in [1.165, 1.54) is 7.11 Å². The van der Waals surface area contributed by atoms with Crippen LogP contribution < -0.4 is 0 Å². The zero-order chi connectivity index (χ0) is 10.4. The van der Waals surface area contributed by atoms with Crippen LogP contribution in [0.5, 0.6) is 0 Å². The number of rotatable bonds is 4. The standard InChI is InChI=1S/C7H10Br2O4/c1-3-13-7(11)5(9)4(8)6(10)12-2/h4-5H,3H2,1-2H3/t4-,5+/m0/s1. The van der Waals surface area contributed by atoms with Gasteiger partial charge in [0.2, 0.25) is 0 Å². The molecule has 0 aromatic carbocycles. The highest BCUT2D eigenvalue weighted by Crippen LogP contribution is 2.17. The van der Waals surface area contributed by atoms with Gasteiger partial charge in [0, 0.05) is 0 Å². The van der Waals surface area contributed by atoms with Crippen molar-refractivity contribution >= 4 is 43.8 Å². The first kappa shape index (κ1) is 12.9. The first-order chi connectivity index (χ1) is 6.04. The van der Waals surface area contributed by atoms with E-state index in [0.717, 1.165) is 0 Å². The molecule has 0 heterocycles. The molecule has 2 atom stereocenters. The number of alkyl halides is 2. The highest BCUT2D eigenvalue weighted by Gasteiger charge is 2.31. The van der Waals surface area contributed by atoms with E-state index < -0.39 is 21.6 Å². The molecule has 0 saturated carbocycles. The summed E-state index contributed by atoms with van der Waals surface area (Å²) in [4.78, 5) is 20.6. The number of methoxy groups -OCH3 is 1. The molecule has 13 heavy (non-hydrogen) atoms. The van der Waals surface area contributed by atoms with Gasteiger partial charge in [0.25, 0.3) is 0 Å². The van der Waals surface area contributed by atoms with Gasteiger partial charge in [-0.1, -0.05) is 31.9 Å². The van der Waals surface area contributed by atoms with Crippen molar-refractivity contribution in [2.75, 3.05) is 13.7 Å². The number of halogens is 2. The van der Waals surface area contributed by atoms with Gasteiger partial charge in [0.15, 0.2) is 0 Å². The second-order valence-corrected chi connectivity index (χ2v) is 4.05. The van der Waals surface area contributed by atoms with Crippen molar-refractivity contribution in [2.24, 2.45) is 0 Å². The monoisotopic (exact) mass is 316 g/mol. The van der Waals surface area contributed by atoms with E-state index in [-0.39, 0.29) is 6.61 Å². The summed E-state index contributed by atoms with van der Waals surface area (Å²) in [7, 11) is 1.25. The Bertz CT molecular complexity index is 195. The quantitative estimate of drug-likeness (QED) is 0.578. The molecular weight excluding hydrogens is 308 g/mol. The Hall–Kier alpha value is -0.100. The largest absolute Gasteiger partial charge is 0.468 e. The molecule has 0 aliphatic carbocycles. The lowest BCUT2D eigenvalue weighted by molar-refractivity contribution is -0.147. The van der Waals surface area contributed by atoms with E-state index in [9.17, 15) is 9.59 Å². The minimum Gasteiger partial charge on any atom is -0.468 e. The minimum atomic E-state index is -0.725. The van der Waals surface area contributed by atoms with Crippen LogP contribution in [-0.2, 0) is 19.1 Å². The fraction of sp³-hybridized carbons (Fsp3) is 0.714. The van der Waals surface area contributed by atoms with Crippen molar-refractivity contribution in [1.29, 1.82) is 0 Å². The van der Waals surface area contributed by atoms with Crippen LogP contribution in [0, 0.1) is 0 Å². The van der Waals surface area contributed by atoms with Gasteiger partial charge in [0.1, 0.15) is 9.65 Å². The summed E-state index contributed by atoms with van der Waals surface area (Å²) < 4.78 is 9.13. The van der Waals surface area contributed by atoms with Gasteiger partial charge in [-0.3, -0.25) is 9.59 Å². The van der Waals surface area contributed by atoms with Gasteiger partial charge in [-0.05, 0) is 6.92 Å². The minimum absolute atomic E-state index is 0.280. The van der Waals surface area contributed by atoms with E-state index in [2.05, 4.69) is 36.6 Å². The van der Waals surface area contributed by atoms with Crippen LogP contribution in [0.1, 0.15) is 6.92 Å². The molecule has 0 amide bonds. The van der Waals surface area contributed by atoms with Crippen LogP contribution in [0.25, 0.3) is 0 Å². The van der Waals surface area contributed by atoms with Crippen molar-refractivity contribution in [3.63, 3.8) is 0 Å². The number of hydrogen-bond acceptors (Lipinski definition) is 4. The van der Waals surface area contributed by atoms with Gasteiger partial charge >= 0.3 is 11.9 Å². The molecule has 6 heteroatoms. The molecule has 0 aliphatic rings. The van der Waals surface area contributed by atoms with Gasteiger partial charge in [0.05, 0.1) is 13.7 Å². The maximum absolute atomic E-state index is 11.1. The number of esters is 2. The lowest BCUT2D eigenvalue weighted by Crippen LogP contribution is -2.33. The number of carbonyl (C=O) groups is 2. The van der Waals surface area contributed by atoms with Crippen LogP contribution in [0.15, 0.2) is 0 Å². The third-order valence-electron chi connectivity index (χ3n) is 1.20. The van der Waals surface area contributed by atoms with Gasteiger partial charge in [-0.25, -0.2) is 0 Å². The highest BCUT2D eigenvalue weighted by atomic mass is 79.9. The van der Waals surface area contributed by atoms with Crippen molar-refractivity contribution in [3.05, 3.63) is 0 Å². The molecule has 4 nitrogen and oxygen atoms in total. The van der Waals surface area contributed by atoms with Crippen LogP contribution in [-0.4, -0.2) is 35.3 Å². The Balaban J connectivity index is 4.16. The van der Waals surface area contributed by atoms with Gasteiger partial charge < -0.3 is 9.47 Å². The molecule has 0 N–H and O–H groups in total. The molecule has 0 rings (SSSR count). The topological polar surface area (TPSA) is 52.6 Å². The van der Waals surface area contributed by atoms with E-state index in [1.807, 2.05) is 0 Å². The van der Waals surface area contributed by atoms with E-state index >= 15 is 0 Å². The maximum Gasteiger partial charge on any atom is 0.321 e. The average Bonchev–Trinajstić information content (AvgIpc) is 2.14. The Morgan fingerprint density at radius 2 is 1.69 bits per heavy atom. The van der Waals surface area contributed by atoms with Crippen molar-refractivity contribution in [3.8, 4) is 0 Å². The summed E-state index contributed by atoms with van der Waals surface area (Å²) in [6.45, 7) is 1.97. The summed E-state index contributed by atoms with van der Waals surface area (Å²) in [5, 5.41) is 0. The number of hydrogen-bond donors (Lipinski definition) is 0. The summed E-state index contributed by atoms with van der Waals surface area (Å²) in [5.74, 6) is -1.01. The molecule has 0 unspecified atom stereocenters. The molecule has 0 bridgehead atoms. The lowest BCUT2D eigenvalue weighted by Gasteiger charge is -2.12. The van der Waals surface area contributed by atoms with Crippen LogP contribution in [0.2, 0.25) is 0 Å². The highest BCUT2D eigenvalue weighted by molar-refractivity contribution is 9.12. The predicted molar refractivity (Wildman–Crippen MR) is 54.1 cm³/mol. The molecule has 0 aromatic heterocycles. The molecular formula is C7H10Br2O4. The molecule has 0 aromatic rings. The smallest absolute Gasteiger partial charge is 0.321 e. The zero-order valence-corrected chi connectivity index (χ0v) is 10.4. The fourth-order valence-electron chi connectivity index (χ4n) is 0.573. The number of ether oxygens (including phenoxy) is 2. The fourth-order valence-corrected chi connectivity index (χ4v) is 1.32. The second-order valence-electron chi connectivity index (χ2n) is 2.08. The van der Waals surface area contributed by atoms with Gasteiger partial charge in [-0.2, -0.15) is 0 Å². The summed E-state index contributed by atoms with van der Waals surface area (Å²) >= 11 is 6.05. The Labute approximate surface area is 93.2 Å². The summed E-state index contributed by atoms with van der Waals surface area (Å²) in [6.07, 6.45) is 0. The maximum atomic E-state index is 11.1. The van der Waals surface area contributed by atoms with Crippen LogP contribution in [0.3, 0.4) is 0 Å². The third kappa shape index (κ3) is 4.08. The van der Waals surface area contributed by atoms with Crippen molar-refractivity contribution in [2.45, 2.75) is 16.6 Å². The first-order valence-electron chi connectivity index (χ1n) is 3.57. The first-order valence-corrected chi connectivity index (χ1v) is 5.40. The molecule has 0 saturated heterocycles. The summed E-state index contributed by atoms with van der Waals surface area (Å²) in [6, 6.07) is 0. The lowest BCUT2D eigenvalue weighted by atomic mass is 10.3. The Morgan fingerprint density at radius 3 is 2.08 bits per heavy atom. The Kier molecular flexibility index (Phi) is 6.32. The predicted octanol–water partition coefficient (Wildman–Crippen LogP) is 1.25. The van der Waals surface area contributed by atoms with Gasteiger partial charge in [-0.15, -0.1) is 0 Å². The van der Waals surface area contributed by atoms with E-state index in [4.69, 9.17) is 4.74 Å². The van der Waals surface area contributed by atoms with Crippen molar-refractivity contribution in [1.82, 2.24) is 0 Å². The van der Waals surface area contributed by atoms with E-state index in [1.54, 1.807) is 6.92 Å². The average molecular weight is 318 g/mol. The SMILES string of the molecule is CCOC(=O)[C@H](Br)[C@H](Br)C(=O)OC. The van der Waals surface area contributed by atoms with Crippen molar-refractivity contribution < 1.29 is 19.1 Å². The molecule has 0 fully saturated rings. The molecule has 0 spiro atoms. The normalized spacial score (nSPS) is 14.5. The van der Waals surface area contributed by atoms with Crippen LogP contribution >= 0.6 is 31.9 Å². The Morgan fingerprint density at radius 1 is 1.23 bits per heavy atom. The molecule has 76 valence electrons. The number of carbonyl (C=O) groups excluding carboxylic acids is 2. The zero-order valence-electron chi connectivity index (χ0n) is 7.25.